The molecule has 0 spiro atoms. The van der Waals surface area contributed by atoms with Crippen LogP contribution in [0.4, 0.5) is 0 Å². The molecule has 0 aliphatic carbocycles. The van der Waals surface area contributed by atoms with Crippen molar-refractivity contribution >= 4 is 32.9 Å². The largest absolute Gasteiger partial charge is 0.306 e. The van der Waals surface area contributed by atoms with E-state index in [9.17, 15) is 0 Å². The summed E-state index contributed by atoms with van der Waals surface area (Å²) in [5.41, 5.74) is 2.00. The summed E-state index contributed by atoms with van der Waals surface area (Å²) in [5, 5.41) is 3.44. The topological polar surface area (TPSA) is 42.2 Å². The first-order valence-electron chi connectivity index (χ1n) is 5.96. The molecule has 0 atom stereocenters. The fourth-order valence-electron chi connectivity index (χ4n) is 1.94. The highest BCUT2D eigenvalue weighted by Gasteiger charge is 2.04. The molecule has 0 amide bonds. The molecule has 0 aliphatic rings. The molecule has 6 heteroatoms. The molecule has 3 heterocycles. The molecule has 0 radical (unpaired) electrons. The smallest absolute Gasteiger partial charge is 0.155 e. The second kappa shape index (κ2) is 5.40. The summed E-state index contributed by atoms with van der Waals surface area (Å²) >= 11 is 5.21. The van der Waals surface area contributed by atoms with Gasteiger partial charge in [0.05, 0.1) is 18.1 Å². The van der Waals surface area contributed by atoms with Crippen molar-refractivity contribution < 1.29 is 0 Å². The molecule has 3 aromatic rings. The Morgan fingerprint density at radius 1 is 1.26 bits per heavy atom. The minimum absolute atomic E-state index is 0.786. The van der Waals surface area contributed by atoms with Crippen molar-refractivity contribution in [2.45, 2.75) is 20.0 Å². The van der Waals surface area contributed by atoms with E-state index in [-0.39, 0.29) is 0 Å². The van der Waals surface area contributed by atoms with Gasteiger partial charge in [0.1, 0.15) is 4.60 Å². The highest BCUT2D eigenvalue weighted by molar-refractivity contribution is 9.10. The van der Waals surface area contributed by atoms with Crippen molar-refractivity contribution in [1.82, 2.24) is 19.7 Å². The third-order valence-electron chi connectivity index (χ3n) is 2.84. The van der Waals surface area contributed by atoms with Crippen LogP contribution in [0.25, 0.3) is 5.65 Å². The number of fused-ring (bicyclic) bond motifs is 1. The van der Waals surface area contributed by atoms with Gasteiger partial charge in [-0.05, 0) is 35.0 Å². The number of aryl methyl sites for hydroxylation is 1. The lowest BCUT2D eigenvalue weighted by Crippen LogP contribution is -2.13. The van der Waals surface area contributed by atoms with Crippen molar-refractivity contribution in [3.63, 3.8) is 0 Å². The maximum Gasteiger partial charge on any atom is 0.155 e. The molecule has 0 bridgehead atoms. The van der Waals surface area contributed by atoms with Gasteiger partial charge in [-0.3, -0.25) is 4.40 Å². The van der Waals surface area contributed by atoms with Gasteiger partial charge in [-0.15, -0.1) is 11.3 Å². The first-order chi connectivity index (χ1) is 9.22. The summed E-state index contributed by atoms with van der Waals surface area (Å²) in [5.74, 6) is 0. The third kappa shape index (κ3) is 2.86. The maximum absolute atomic E-state index is 4.33. The number of aromatic nitrogens is 3. The number of hydrogen-bond donors (Lipinski definition) is 1. The Kier molecular flexibility index (Phi) is 3.63. The third-order valence-corrected chi connectivity index (χ3v) is 4.25. The Labute approximate surface area is 123 Å². The predicted molar refractivity (Wildman–Crippen MR) is 80.3 cm³/mol. The van der Waals surface area contributed by atoms with E-state index in [2.05, 4.69) is 50.3 Å². The number of hydrogen-bond acceptors (Lipinski definition) is 4. The summed E-state index contributed by atoms with van der Waals surface area (Å²) in [6.45, 7) is 3.80. The average molecular weight is 337 g/mol. The number of rotatable bonds is 4. The minimum Gasteiger partial charge on any atom is -0.306 e. The Bertz CT molecular complexity index is 704. The molecule has 98 valence electrons. The number of thiophene rings is 1. The molecule has 0 aromatic carbocycles. The van der Waals surface area contributed by atoms with Gasteiger partial charge >= 0.3 is 0 Å². The van der Waals surface area contributed by atoms with E-state index in [0.717, 1.165) is 29.0 Å². The second-order valence-electron chi connectivity index (χ2n) is 4.30. The first-order valence-corrected chi connectivity index (χ1v) is 7.57. The lowest BCUT2D eigenvalue weighted by atomic mass is 10.4. The van der Waals surface area contributed by atoms with Crippen molar-refractivity contribution in [1.29, 1.82) is 0 Å². The Morgan fingerprint density at radius 3 is 2.95 bits per heavy atom. The van der Waals surface area contributed by atoms with E-state index in [0.29, 0.717) is 0 Å². The van der Waals surface area contributed by atoms with Crippen LogP contribution >= 0.6 is 27.3 Å². The highest BCUT2D eigenvalue weighted by atomic mass is 79.9. The van der Waals surface area contributed by atoms with E-state index >= 15 is 0 Å². The van der Waals surface area contributed by atoms with Gasteiger partial charge in [-0.1, -0.05) is 0 Å². The number of nitrogens with one attached hydrogen (secondary N) is 1. The highest BCUT2D eigenvalue weighted by Crippen LogP contribution is 2.15. The molecule has 4 nitrogen and oxygen atoms in total. The van der Waals surface area contributed by atoms with E-state index < -0.39 is 0 Å². The minimum atomic E-state index is 0.786. The van der Waals surface area contributed by atoms with Crippen LogP contribution in [-0.4, -0.2) is 14.4 Å². The quantitative estimate of drug-likeness (QED) is 0.795. The molecule has 3 rings (SSSR count). The Hall–Kier alpha value is -1.24. The van der Waals surface area contributed by atoms with Gasteiger partial charge in [-0.25, -0.2) is 9.97 Å². The van der Waals surface area contributed by atoms with Crippen LogP contribution < -0.4 is 5.32 Å². The zero-order chi connectivity index (χ0) is 13.2. The molecule has 19 heavy (non-hydrogen) atoms. The van der Waals surface area contributed by atoms with Crippen LogP contribution in [0.2, 0.25) is 0 Å². The van der Waals surface area contributed by atoms with Gasteiger partial charge < -0.3 is 5.32 Å². The monoisotopic (exact) mass is 336 g/mol. The molecule has 0 saturated heterocycles. The second-order valence-corrected chi connectivity index (χ2v) is 6.49. The first kappa shape index (κ1) is 12.8. The van der Waals surface area contributed by atoms with E-state index in [1.165, 1.54) is 9.75 Å². The molecular formula is C13H13BrN4S. The zero-order valence-corrected chi connectivity index (χ0v) is 12.8. The SMILES string of the molecule is Cc1ccc(CNCc2cnc3cnc(Br)cn23)s1. The van der Waals surface area contributed by atoms with Crippen LogP contribution in [0.1, 0.15) is 15.4 Å². The lowest BCUT2D eigenvalue weighted by Gasteiger charge is -2.03. The van der Waals surface area contributed by atoms with Crippen LogP contribution in [-0.2, 0) is 13.1 Å². The van der Waals surface area contributed by atoms with E-state index in [1.54, 1.807) is 6.20 Å². The lowest BCUT2D eigenvalue weighted by molar-refractivity contribution is 0.681. The van der Waals surface area contributed by atoms with Crippen molar-refractivity contribution in [2.75, 3.05) is 0 Å². The fourth-order valence-corrected chi connectivity index (χ4v) is 3.11. The zero-order valence-electron chi connectivity index (χ0n) is 10.4. The number of halogens is 1. The summed E-state index contributed by atoms with van der Waals surface area (Å²) in [6, 6.07) is 4.32. The molecule has 0 saturated carbocycles. The van der Waals surface area contributed by atoms with E-state index in [4.69, 9.17) is 0 Å². The van der Waals surface area contributed by atoms with E-state index in [1.807, 2.05) is 28.1 Å². The van der Waals surface area contributed by atoms with Gasteiger partial charge in [0.2, 0.25) is 0 Å². The molecule has 0 aliphatic heterocycles. The van der Waals surface area contributed by atoms with Gasteiger partial charge in [0, 0.05) is 29.0 Å². The van der Waals surface area contributed by atoms with Crippen LogP contribution in [0, 0.1) is 6.92 Å². The van der Waals surface area contributed by atoms with Crippen LogP contribution in [0.3, 0.4) is 0 Å². The average Bonchev–Trinajstić information content (AvgIpc) is 2.97. The van der Waals surface area contributed by atoms with Gasteiger partial charge in [-0.2, -0.15) is 0 Å². The summed E-state index contributed by atoms with van der Waals surface area (Å²) in [7, 11) is 0. The van der Waals surface area contributed by atoms with Gasteiger partial charge in [0.25, 0.3) is 0 Å². The Balaban J connectivity index is 1.70. The van der Waals surface area contributed by atoms with Crippen molar-refractivity contribution in [3.8, 4) is 0 Å². The summed E-state index contributed by atoms with van der Waals surface area (Å²) in [6.07, 6.45) is 5.58. The maximum atomic E-state index is 4.33. The van der Waals surface area contributed by atoms with Crippen LogP contribution in [0.15, 0.2) is 35.3 Å². The fraction of sp³-hybridized carbons (Fsp3) is 0.231. The van der Waals surface area contributed by atoms with Crippen LogP contribution in [0.5, 0.6) is 0 Å². The summed E-state index contributed by atoms with van der Waals surface area (Å²) in [4.78, 5) is 11.2. The summed E-state index contributed by atoms with van der Waals surface area (Å²) < 4.78 is 2.86. The predicted octanol–water partition coefficient (Wildman–Crippen LogP) is 3.15. The van der Waals surface area contributed by atoms with Gasteiger partial charge in [0.15, 0.2) is 5.65 Å². The molecule has 3 aromatic heterocycles. The standard InChI is InChI=1S/C13H13BrN4S/c1-9-2-3-11(19-9)6-15-4-10-5-17-13-7-16-12(14)8-18(10)13/h2-3,5,7-8,15H,4,6H2,1H3. The molecular weight excluding hydrogens is 324 g/mol. The molecule has 0 fully saturated rings. The Morgan fingerprint density at radius 2 is 2.16 bits per heavy atom. The molecule has 1 N–H and O–H groups in total. The van der Waals surface area contributed by atoms with Crippen molar-refractivity contribution in [3.05, 3.63) is 50.8 Å². The molecule has 0 unspecified atom stereocenters. The number of imidazole rings is 1. The normalized spacial score (nSPS) is 11.3. The number of nitrogens with zero attached hydrogens (tertiary/aromatic N) is 3. The van der Waals surface area contributed by atoms with Crippen molar-refractivity contribution in [2.24, 2.45) is 0 Å².